The van der Waals surface area contributed by atoms with Gasteiger partial charge in [-0.15, -0.1) is 0 Å². The molecular weight excluding hydrogens is 260 g/mol. The maximum atomic E-state index is 13.5. The molecule has 0 atom stereocenters. The predicted molar refractivity (Wildman–Crippen MR) is 63.2 cm³/mol. The van der Waals surface area contributed by atoms with Crippen molar-refractivity contribution in [2.24, 2.45) is 0 Å². The fraction of sp³-hybridized carbons (Fsp3) is 0.143. The van der Waals surface area contributed by atoms with Gasteiger partial charge in [-0.2, -0.15) is 8.78 Å². The summed E-state index contributed by atoms with van der Waals surface area (Å²) in [4.78, 5) is 0. The molecule has 100 valence electrons. The number of hydrogen-bond donors (Lipinski definition) is 0. The fourth-order valence-corrected chi connectivity index (χ4v) is 1.67. The molecule has 0 aliphatic rings. The summed E-state index contributed by atoms with van der Waals surface area (Å²) in [6.07, 6.45) is 0. The summed E-state index contributed by atoms with van der Waals surface area (Å²) in [6, 6.07) is 8.88. The Hall–Kier alpha value is -2.04. The molecule has 0 amide bonds. The summed E-state index contributed by atoms with van der Waals surface area (Å²) in [7, 11) is 0. The quantitative estimate of drug-likeness (QED) is 0.744. The SMILES string of the molecule is Cc1ccc(-c2cc(F)c(OC(F)F)c(F)c2)cc1. The molecule has 1 nitrogen and oxygen atoms in total. The number of benzene rings is 2. The third kappa shape index (κ3) is 3.05. The number of halogens is 4. The van der Waals surface area contributed by atoms with Crippen molar-refractivity contribution < 1.29 is 22.3 Å². The maximum Gasteiger partial charge on any atom is 0.387 e. The average molecular weight is 270 g/mol. The summed E-state index contributed by atoms with van der Waals surface area (Å²) >= 11 is 0. The first kappa shape index (κ1) is 13.4. The highest BCUT2D eigenvalue weighted by atomic mass is 19.3. The standard InChI is InChI=1S/C14H10F4O/c1-8-2-4-9(5-3-8)10-6-11(15)13(12(16)7-10)19-14(17)18/h2-7,14H,1H3. The van der Waals surface area contributed by atoms with E-state index in [1.54, 1.807) is 24.3 Å². The van der Waals surface area contributed by atoms with Gasteiger partial charge in [0, 0.05) is 0 Å². The van der Waals surface area contributed by atoms with Crippen LogP contribution in [0.5, 0.6) is 5.75 Å². The number of aryl methyl sites for hydroxylation is 1. The van der Waals surface area contributed by atoms with Crippen molar-refractivity contribution in [3.8, 4) is 16.9 Å². The molecule has 0 unspecified atom stereocenters. The summed E-state index contributed by atoms with van der Waals surface area (Å²) in [5.41, 5.74) is 1.85. The molecular formula is C14H10F4O. The lowest BCUT2D eigenvalue weighted by molar-refractivity contribution is -0.0546. The second-order valence-corrected chi connectivity index (χ2v) is 4.01. The van der Waals surface area contributed by atoms with Gasteiger partial charge in [0.15, 0.2) is 17.4 Å². The Morgan fingerprint density at radius 2 is 1.42 bits per heavy atom. The topological polar surface area (TPSA) is 9.23 Å². The minimum absolute atomic E-state index is 0.261. The van der Waals surface area contributed by atoms with Crippen LogP contribution in [-0.2, 0) is 0 Å². The summed E-state index contributed by atoms with van der Waals surface area (Å²) in [6.45, 7) is -1.39. The molecule has 0 fully saturated rings. The van der Waals surface area contributed by atoms with Crippen LogP contribution >= 0.6 is 0 Å². The first-order chi connectivity index (χ1) is 8.97. The van der Waals surface area contributed by atoms with Gasteiger partial charge in [0.25, 0.3) is 0 Å². The monoisotopic (exact) mass is 270 g/mol. The highest BCUT2D eigenvalue weighted by Gasteiger charge is 2.17. The first-order valence-corrected chi connectivity index (χ1v) is 5.48. The van der Waals surface area contributed by atoms with Gasteiger partial charge in [-0.3, -0.25) is 0 Å². The minimum atomic E-state index is -3.27. The number of rotatable bonds is 3. The normalized spacial score (nSPS) is 10.8. The molecule has 2 aromatic carbocycles. The van der Waals surface area contributed by atoms with Crippen LogP contribution in [0.2, 0.25) is 0 Å². The molecule has 0 N–H and O–H groups in total. The van der Waals surface area contributed by atoms with Gasteiger partial charge in [-0.25, -0.2) is 8.78 Å². The van der Waals surface area contributed by atoms with Crippen LogP contribution < -0.4 is 4.74 Å². The van der Waals surface area contributed by atoms with E-state index in [9.17, 15) is 17.6 Å². The lowest BCUT2D eigenvalue weighted by Gasteiger charge is -2.09. The second kappa shape index (κ2) is 5.30. The van der Waals surface area contributed by atoms with E-state index in [0.717, 1.165) is 17.7 Å². The summed E-state index contributed by atoms with van der Waals surface area (Å²) in [5.74, 6) is -3.38. The zero-order valence-corrected chi connectivity index (χ0v) is 9.96. The molecule has 0 saturated heterocycles. The van der Waals surface area contributed by atoms with Gasteiger partial charge in [-0.05, 0) is 30.2 Å². The molecule has 0 spiro atoms. The van der Waals surface area contributed by atoms with Gasteiger partial charge in [0.2, 0.25) is 0 Å². The van der Waals surface area contributed by atoms with Gasteiger partial charge in [0.1, 0.15) is 0 Å². The Kier molecular flexibility index (Phi) is 3.74. The van der Waals surface area contributed by atoms with Crippen LogP contribution in [0.25, 0.3) is 11.1 Å². The molecule has 2 aromatic rings. The van der Waals surface area contributed by atoms with Crippen molar-refractivity contribution in [1.82, 2.24) is 0 Å². The van der Waals surface area contributed by atoms with Crippen molar-refractivity contribution in [2.75, 3.05) is 0 Å². The molecule has 0 aromatic heterocycles. The van der Waals surface area contributed by atoms with Crippen LogP contribution in [0.15, 0.2) is 36.4 Å². The Morgan fingerprint density at radius 1 is 0.895 bits per heavy atom. The molecule has 19 heavy (non-hydrogen) atoms. The third-order valence-corrected chi connectivity index (χ3v) is 2.59. The minimum Gasteiger partial charge on any atom is -0.429 e. The zero-order chi connectivity index (χ0) is 14.0. The van der Waals surface area contributed by atoms with E-state index in [1.165, 1.54) is 0 Å². The van der Waals surface area contributed by atoms with Crippen LogP contribution in [0.4, 0.5) is 17.6 Å². The Morgan fingerprint density at radius 3 is 1.89 bits per heavy atom. The lowest BCUT2D eigenvalue weighted by atomic mass is 10.0. The van der Waals surface area contributed by atoms with E-state index >= 15 is 0 Å². The Labute approximate surface area is 107 Å². The van der Waals surface area contributed by atoms with Crippen LogP contribution in [0, 0.1) is 18.6 Å². The van der Waals surface area contributed by atoms with Gasteiger partial charge < -0.3 is 4.74 Å². The first-order valence-electron chi connectivity index (χ1n) is 5.48. The highest BCUT2D eigenvalue weighted by Crippen LogP contribution is 2.30. The number of ether oxygens (including phenoxy) is 1. The van der Waals surface area contributed by atoms with Gasteiger partial charge in [0.05, 0.1) is 0 Å². The summed E-state index contributed by atoms with van der Waals surface area (Å²) < 4.78 is 54.9. The highest BCUT2D eigenvalue weighted by molar-refractivity contribution is 5.65. The van der Waals surface area contributed by atoms with Crippen molar-refractivity contribution in [3.05, 3.63) is 53.6 Å². The molecule has 5 heteroatoms. The largest absolute Gasteiger partial charge is 0.429 e. The van der Waals surface area contributed by atoms with E-state index in [0.29, 0.717) is 5.56 Å². The van der Waals surface area contributed by atoms with E-state index < -0.39 is 24.0 Å². The predicted octanol–water partition coefficient (Wildman–Crippen LogP) is 4.54. The van der Waals surface area contributed by atoms with Gasteiger partial charge in [-0.1, -0.05) is 29.8 Å². The van der Waals surface area contributed by atoms with E-state index in [4.69, 9.17) is 0 Å². The van der Waals surface area contributed by atoms with E-state index in [-0.39, 0.29) is 5.56 Å². The van der Waals surface area contributed by atoms with Crippen molar-refractivity contribution in [2.45, 2.75) is 13.5 Å². The Bertz CT molecular complexity index is 555. The van der Waals surface area contributed by atoms with Crippen molar-refractivity contribution in [1.29, 1.82) is 0 Å². The third-order valence-electron chi connectivity index (χ3n) is 2.59. The number of alkyl halides is 2. The molecule has 0 aliphatic heterocycles. The fourth-order valence-electron chi connectivity index (χ4n) is 1.67. The second-order valence-electron chi connectivity index (χ2n) is 4.01. The van der Waals surface area contributed by atoms with E-state index in [2.05, 4.69) is 4.74 Å². The van der Waals surface area contributed by atoms with Crippen LogP contribution in [0.1, 0.15) is 5.56 Å². The lowest BCUT2D eigenvalue weighted by Crippen LogP contribution is -2.06. The molecule has 0 aliphatic carbocycles. The molecule has 0 radical (unpaired) electrons. The average Bonchev–Trinajstić information content (AvgIpc) is 2.34. The van der Waals surface area contributed by atoms with Crippen LogP contribution in [0.3, 0.4) is 0 Å². The number of hydrogen-bond acceptors (Lipinski definition) is 1. The van der Waals surface area contributed by atoms with Crippen LogP contribution in [-0.4, -0.2) is 6.61 Å². The van der Waals surface area contributed by atoms with Crippen molar-refractivity contribution >= 4 is 0 Å². The zero-order valence-electron chi connectivity index (χ0n) is 9.96. The maximum absolute atomic E-state index is 13.5. The van der Waals surface area contributed by atoms with Crippen molar-refractivity contribution in [3.63, 3.8) is 0 Å². The summed E-state index contributed by atoms with van der Waals surface area (Å²) in [5, 5.41) is 0. The van der Waals surface area contributed by atoms with E-state index in [1.807, 2.05) is 6.92 Å². The molecule has 0 heterocycles. The molecule has 0 saturated carbocycles. The smallest absolute Gasteiger partial charge is 0.387 e. The molecule has 2 rings (SSSR count). The van der Waals surface area contributed by atoms with Gasteiger partial charge >= 0.3 is 6.61 Å². The Balaban J connectivity index is 2.42. The molecule has 0 bridgehead atoms.